The second kappa shape index (κ2) is 5.79. The van der Waals surface area contributed by atoms with E-state index in [1.165, 1.54) is 0 Å². The van der Waals surface area contributed by atoms with Gasteiger partial charge in [0, 0.05) is 17.8 Å². The average molecular weight is 262 g/mol. The van der Waals surface area contributed by atoms with Gasteiger partial charge in [0.1, 0.15) is 11.4 Å². The molecule has 19 heavy (non-hydrogen) atoms. The first-order valence-corrected chi connectivity index (χ1v) is 6.22. The first-order valence-electron chi connectivity index (χ1n) is 6.22. The molecular formula is C13H18N4O2. The van der Waals surface area contributed by atoms with Gasteiger partial charge in [-0.15, -0.1) is 5.10 Å². The Balaban J connectivity index is 2.16. The smallest absolute Gasteiger partial charge is 0.122 e. The predicted octanol–water partition coefficient (Wildman–Crippen LogP) is 1.48. The summed E-state index contributed by atoms with van der Waals surface area (Å²) < 4.78 is 6.87. The van der Waals surface area contributed by atoms with Gasteiger partial charge >= 0.3 is 0 Å². The van der Waals surface area contributed by atoms with E-state index in [9.17, 15) is 5.11 Å². The number of aryl methyl sites for hydroxylation is 1. The SMILES string of the molecule is CCC(O)c1cn(Cc2cc(OC)cc(C)n2)nn1. The molecule has 2 rings (SSSR count). The summed E-state index contributed by atoms with van der Waals surface area (Å²) in [4.78, 5) is 4.42. The molecule has 0 radical (unpaired) electrons. The third-order valence-corrected chi connectivity index (χ3v) is 2.82. The van der Waals surface area contributed by atoms with Crippen molar-refractivity contribution in [2.24, 2.45) is 0 Å². The summed E-state index contributed by atoms with van der Waals surface area (Å²) in [6.07, 6.45) is 1.80. The Morgan fingerprint density at radius 3 is 2.89 bits per heavy atom. The fraction of sp³-hybridized carbons (Fsp3) is 0.462. The Morgan fingerprint density at radius 2 is 2.21 bits per heavy atom. The lowest BCUT2D eigenvalue weighted by molar-refractivity contribution is 0.168. The Bertz CT molecular complexity index is 553. The zero-order chi connectivity index (χ0) is 13.8. The van der Waals surface area contributed by atoms with Crippen molar-refractivity contribution in [1.82, 2.24) is 20.0 Å². The molecular weight excluding hydrogens is 244 g/mol. The van der Waals surface area contributed by atoms with Crippen molar-refractivity contribution < 1.29 is 9.84 Å². The molecule has 0 aliphatic heterocycles. The van der Waals surface area contributed by atoms with Gasteiger partial charge in [-0.3, -0.25) is 4.98 Å². The lowest BCUT2D eigenvalue weighted by Gasteiger charge is -2.05. The zero-order valence-electron chi connectivity index (χ0n) is 11.4. The maximum Gasteiger partial charge on any atom is 0.122 e. The summed E-state index contributed by atoms with van der Waals surface area (Å²) in [5.74, 6) is 0.774. The van der Waals surface area contributed by atoms with E-state index >= 15 is 0 Å². The number of hydrogen-bond donors (Lipinski definition) is 1. The quantitative estimate of drug-likeness (QED) is 0.883. The van der Waals surface area contributed by atoms with Crippen molar-refractivity contribution in [3.63, 3.8) is 0 Å². The zero-order valence-corrected chi connectivity index (χ0v) is 11.4. The molecule has 0 saturated carbocycles. The molecule has 0 fully saturated rings. The summed E-state index contributed by atoms with van der Waals surface area (Å²) in [6, 6.07) is 3.74. The van der Waals surface area contributed by atoms with Crippen LogP contribution >= 0.6 is 0 Å². The van der Waals surface area contributed by atoms with Gasteiger partial charge < -0.3 is 9.84 Å². The molecule has 1 atom stereocenters. The molecule has 2 aromatic heterocycles. The Kier molecular flexibility index (Phi) is 4.11. The van der Waals surface area contributed by atoms with Crippen LogP contribution in [0.15, 0.2) is 18.3 Å². The van der Waals surface area contributed by atoms with Gasteiger partial charge in [-0.25, -0.2) is 4.68 Å². The number of pyridine rings is 1. The predicted molar refractivity (Wildman–Crippen MR) is 69.9 cm³/mol. The van der Waals surface area contributed by atoms with E-state index in [0.717, 1.165) is 17.1 Å². The summed E-state index contributed by atoms with van der Waals surface area (Å²) >= 11 is 0. The van der Waals surface area contributed by atoms with Crippen molar-refractivity contribution in [2.45, 2.75) is 32.9 Å². The lowest BCUT2D eigenvalue weighted by atomic mass is 10.2. The fourth-order valence-electron chi connectivity index (χ4n) is 1.82. The summed E-state index contributed by atoms with van der Waals surface area (Å²) in [7, 11) is 1.63. The second-order valence-corrected chi connectivity index (χ2v) is 4.40. The van der Waals surface area contributed by atoms with Crippen LogP contribution in [0.5, 0.6) is 5.75 Å². The van der Waals surface area contributed by atoms with Crippen LogP contribution in [0.25, 0.3) is 0 Å². The highest BCUT2D eigenvalue weighted by atomic mass is 16.5. The van der Waals surface area contributed by atoms with Crippen LogP contribution in [-0.4, -0.2) is 32.2 Å². The summed E-state index contributed by atoms with van der Waals surface area (Å²) in [5.41, 5.74) is 2.32. The average Bonchev–Trinajstić information content (AvgIpc) is 2.85. The van der Waals surface area contributed by atoms with Crippen LogP contribution in [0.1, 0.15) is 36.5 Å². The van der Waals surface area contributed by atoms with Gasteiger partial charge in [0.15, 0.2) is 0 Å². The minimum atomic E-state index is -0.561. The lowest BCUT2D eigenvalue weighted by Crippen LogP contribution is -2.04. The van der Waals surface area contributed by atoms with Gasteiger partial charge in [-0.05, 0) is 13.3 Å². The number of ether oxygens (including phenoxy) is 1. The standard InChI is InChI=1S/C13H18N4O2/c1-4-13(18)12-8-17(16-15-12)7-10-6-11(19-3)5-9(2)14-10/h5-6,8,13,18H,4,7H2,1-3H3. The molecule has 1 unspecified atom stereocenters. The first kappa shape index (κ1) is 13.5. The van der Waals surface area contributed by atoms with Crippen LogP contribution in [0, 0.1) is 6.92 Å². The fourth-order valence-corrected chi connectivity index (χ4v) is 1.82. The van der Waals surface area contributed by atoms with Gasteiger partial charge in [0.2, 0.25) is 0 Å². The Labute approximate surface area is 112 Å². The van der Waals surface area contributed by atoms with Gasteiger partial charge in [-0.1, -0.05) is 12.1 Å². The van der Waals surface area contributed by atoms with E-state index < -0.39 is 6.10 Å². The highest BCUT2D eigenvalue weighted by Crippen LogP contribution is 2.15. The van der Waals surface area contributed by atoms with Crippen LogP contribution < -0.4 is 4.74 Å². The summed E-state index contributed by atoms with van der Waals surface area (Å²) in [6.45, 7) is 4.32. The van der Waals surface area contributed by atoms with Crippen LogP contribution in [-0.2, 0) is 6.54 Å². The van der Waals surface area contributed by atoms with Gasteiger partial charge in [0.05, 0.1) is 31.6 Å². The van der Waals surface area contributed by atoms with E-state index in [1.54, 1.807) is 18.0 Å². The van der Waals surface area contributed by atoms with Crippen molar-refractivity contribution in [3.8, 4) is 5.75 Å². The van der Waals surface area contributed by atoms with E-state index in [-0.39, 0.29) is 0 Å². The third-order valence-electron chi connectivity index (χ3n) is 2.82. The highest BCUT2D eigenvalue weighted by Gasteiger charge is 2.10. The molecule has 0 saturated heterocycles. The molecule has 6 nitrogen and oxygen atoms in total. The Morgan fingerprint density at radius 1 is 1.42 bits per heavy atom. The van der Waals surface area contributed by atoms with Crippen LogP contribution in [0.3, 0.4) is 0 Å². The second-order valence-electron chi connectivity index (χ2n) is 4.40. The molecule has 102 valence electrons. The van der Waals surface area contributed by atoms with E-state index in [4.69, 9.17) is 4.74 Å². The molecule has 0 aliphatic carbocycles. The molecule has 0 bridgehead atoms. The molecule has 6 heteroatoms. The molecule has 0 aromatic carbocycles. The van der Waals surface area contributed by atoms with Gasteiger partial charge in [0.25, 0.3) is 0 Å². The number of aliphatic hydroxyl groups is 1. The maximum atomic E-state index is 9.68. The number of rotatable bonds is 5. The van der Waals surface area contributed by atoms with E-state index in [1.807, 2.05) is 26.0 Å². The normalized spacial score (nSPS) is 12.4. The minimum Gasteiger partial charge on any atom is -0.497 e. The molecule has 2 aromatic rings. The molecule has 0 spiro atoms. The van der Waals surface area contributed by atoms with Crippen molar-refractivity contribution in [3.05, 3.63) is 35.4 Å². The van der Waals surface area contributed by atoms with Gasteiger partial charge in [-0.2, -0.15) is 0 Å². The topological polar surface area (TPSA) is 73.1 Å². The van der Waals surface area contributed by atoms with Crippen LogP contribution in [0.2, 0.25) is 0 Å². The Hall–Kier alpha value is -1.95. The first-order chi connectivity index (χ1) is 9.12. The van der Waals surface area contributed by atoms with Crippen molar-refractivity contribution in [1.29, 1.82) is 0 Å². The largest absolute Gasteiger partial charge is 0.497 e. The maximum absolute atomic E-state index is 9.68. The number of nitrogens with zero attached hydrogens (tertiary/aromatic N) is 4. The number of methoxy groups -OCH3 is 1. The molecule has 0 aliphatic rings. The monoisotopic (exact) mass is 262 g/mol. The molecule has 1 N–H and O–H groups in total. The number of aromatic nitrogens is 4. The summed E-state index contributed by atoms with van der Waals surface area (Å²) in [5, 5.41) is 17.6. The van der Waals surface area contributed by atoms with Crippen molar-refractivity contribution in [2.75, 3.05) is 7.11 Å². The van der Waals surface area contributed by atoms with E-state index in [2.05, 4.69) is 15.3 Å². The van der Waals surface area contributed by atoms with Crippen LogP contribution in [0.4, 0.5) is 0 Å². The molecule has 2 heterocycles. The van der Waals surface area contributed by atoms with E-state index in [0.29, 0.717) is 18.7 Å². The van der Waals surface area contributed by atoms with Crippen molar-refractivity contribution >= 4 is 0 Å². The molecule has 0 amide bonds. The number of hydrogen-bond acceptors (Lipinski definition) is 5. The number of aliphatic hydroxyl groups excluding tert-OH is 1. The third kappa shape index (κ3) is 3.29. The minimum absolute atomic E-state index is 0.501. The highest BCUT2D eigenvalue weighted by molar-refractivity contribution is 5.26.